The predicted molar refractivity (Wildman–Crippen MR) is 92.6 cm³/mol. The van der Waals surface area contributed by atoms with Crippen LogP contribution >= 0.6 is 15.9 Å². The van der Waals surface area contributed by atoms with E-state index in [0.29, 0.717) is 17.1 Å². The van der Waals surface area contributed by atoms with Crippen LogP contribution in [0.5, 0.6) is 11.5 Å². The molecule has 0 saturated heterocycles. The van der Waals surface area contributed by atoms with E-state index in [4.69, 9.17) is 9.47 Å². The van der Waals surface area contributed by atoms with Crippen LogP contribution in [0.1, 0.15) is 29.8 Å². The predicted octanol–water partition coefficient (Wildman–Crippen LogP) is 5.02. The van der Waals surface area contributed by atoms with Gasteiger partial charge in [-0.3, -0.25) is 10.1 Å². The molecule has 0 fully saturated rings. The molecule has 0 heterocycles. The molecule has 0 bridgehead atoms. The van der Waals surface area contributed by atoms with Crippen molar-refractivity contribution in [3.8, 4) is 11.5 Å². The number of rotatable bonds is 5. The number of carbonyl (C=O) groups is 1. The van der Waals surface area contributed by atoms with Crippen molar-refractivity contribution < 1.29 is 19.2 Å². The SMILES string of the molecule is Cc1cc([N+](=O)[O-])c(C(=O)OC(C)C)cc1Oc1cccc(Br)c1. The molecule has 0 spiro atoms. The van der Waals surface area contributed by atoms with E-state index in [9.17, 15) is 14.9 Å². The largest absolute Gasteiger partial charge is 0.459 e. The van der Waals surface area contributed by atoms with E-state index in [1.54, 1.807) is 39.0 Å². The van der Waals surface area contributed by atoms with Crippen molar-refractivity contribution in [3.05, 3.63) is 62.1 Å². The summed E-state index contributed by atoms with van der Waals surface area (Å²) in [7, 11) is 0. The number of hydrogen-bond acceptors (Lipinski definition) is 5. The van der Waals surface area contributed by atoms with Crippen LogP contribution in [0.3, 0.4) is 0 Å². The Morgan fingerprint density at radius 2 is 1.96 bits per heavy atom. The fraction of sp³-hybridized carbons (Fsp3) is 0.235. The lowest BCUT2D eigenvalue weighted by Crippen LogP contribution is -2.13. The minimum Gasteiger partial charge on any atom is -0.459 e. The Balaban J connectivity index is 2.45. The molecule has 2 aromatic rings. The number of aryl methyl sites for hydroxylation is 1. The minimum absolute atomic E-state index is 0.135. The van der Waals surface area contributed by atoms with Gasteiger partial charge >= 0.3 is 5.97 Å². The van der Waals surface area contributed by atoms with Crippen molar-refractivity contribution in [2.75, 3.05) is 0 Å². The van der Waals surface area contributed by atoms with Crippen molar-refractivity contribution in [2.24, 2.45) is 0 Å². The van der Waals surface area contributed by atoms with Gasteiger partial charge in [0.2, 0.25) is 0 Å². The molecule has 7 heteroatoms. The Hall–Kier alpha value is -2.41. The Morgan fingerprint density at radius 3 is 2.54 bits per heavy atom. The minimum atomic E-state index is -0.754. The van der Waals surface area contributed by atoms with Gasteiger partial charge in [-0.25, -0.2) is 4.79 Å². The smallest absolute Gasteiger partial charge is 0.345 e. The van der Waals surface area contributed by atoms with Gasteiger partial charge in [0, 0.05) is 16.6 Å². The van der Waals surface area contributed by atoms with Crippen molar-refractivity contribution >= 4 is 27.6 Å². The van der Waals surface area contributed by atoms with Crippen LogP contribution in [-0.4, -0.2) is 17.0 Å². The first-order valence-corrected chi connectivity index (χ1v) is 8.00. The van der Waals surface area contributed by atoms with Gasteiger partial charge in [0.05, 0.1) is 11.0 Å². The van der Waals surface area contributed by atoms with Gasteiger partial charge in [0.1, 0.15) is 17.1 Å². The Morgan fingerprint density at radius 1 is 1.25 bits per heavy atom. The number of ether oxygens (including phenoxy) is 2. The second-order valence-electron chi connectivity index (χ2n) is 5.41. The van der Waals surface area contributed by atoms with E-state index in [0.717, 1.165) is 4.47 Å². The summed E-state index contributed by atoms with van der Waals surface area (Å²) in [5, 5.41) is 11.2. The normalized spacial score (nSPS) is 10.5. The third-order valence-electron chi connectivity index (χ3n) is 3.08. The number of nitrogens with zero attached hydrogens (tertiary/aromatic N) is 1. The van der Waals surface area contributed by atoms with Crippen LogP contribution in [0.15, 0.2) is 40.9 Å². The molecule has 0 aliphatic carbocycles. The lowest BCUT2D eigenvalue weighted by molar-refractivity contribution is -0.385. The first-order valence-electron chi connectivity index (χ1n) is 7.21. The summed E-state index contributed by atoms with van der Waals surface area (Å²) in [6.45, 7) is 5.03. The van der Waals surface area contributed by atoms with Crippen LogP contribution < -0.4 is 4.74 Å². The van der Waals surface area contributed by atoms with Crippen LogP contribution in [-0.2, 0) is 4.74 Å². The average Bonchev–Trinajstić information content (AvgIpc) is 2.48. The highest BCUT2D eigenvalue weighted by Crippen LogP contribution is 2.33. The maximum absolute atomic E-state index is 12.2. The molecule has 0 saturated carbocycles. The number of nitro groups is 1. The molecule has 0 aliphatic rings. The number of benzene rings is 2. The van der Waals surface area contributed by atoms with Crippen molar-refractivity contribution in [3.63, 3.8) is 0 Å². The fourth-order valence-corrected chi connectivity index (χ4v) is 2.41. The maximum atomic E-state index is 12.2. The van der Waals surface area contributed by atoms with E-state index < -0.39 is 10.9 Å². The Bertz CT molecular complexity index is 789. The molecule has 0 aromatic heterocycles. The average molecular weight is 394 g/mol. The molecule has 0 aliphatic heterocycles. The molecule has 0 N–H and O–H groups in total. The summed E-state index contributed by atoms with van der Waals surface area (Å²) in [5.41, 5.74) is 0.104. The van der Waals surface area contributed by atoms with Gasteiger partial charge in [0.15, 0.2) is 0 Å². The summed E-state index contributed by atoms with van der Waals surface area (Å²) in [5.74, 6) is 0.148. The second kappa shape index (κ2) is 7.44. The van der Waals surface area contributed by atoms with Crippen LogP contribution in [0.25, 0.3) is 0 Å². The Labute approximate surface area is 147 Å². The van der Waals surface area contributed by atoms with Crippen molar-refractivity contribution in [2.45, 2.75) is 26.9 Å². The van der Waals surface area contributed by atoms with Gasteiger partial charge in [-0.15, -0.1) is 0 Å². The maximum Gasteiger partial charge on any atom is 0.345 e. The zero-order valence-corrected chi connectivity index (χ0v) is 15.0. The van der Waals surface area contributed by atoms with Crippen LogP contribution in [0.2, 0.25) is 0 Å². The Kier molecular flexibility index (Phi) is 5.56. The molecule has 0 amide bonds. The topological polar surface area (TPSA) is 78.7 Å². The van der Waals surface area contributed by atoms with E-state index in [1.807, 2.05) is 6.07 Å². The molecule has 0 unspecified atom stereocenters. The summed E-state index contributed by atoms with van der Waals surface area (Å²) < 4.78 is 11.7. The molecule has 24 heavy (non-hydrogen) atoms. The highest BCUT2D eigenvalue weighted by atomic mass is 79.9. The van der Waals surface area contributed by atoms with Crippen LogP contribution in [0, 0.1) is 17.0 Å². The first-order chi connectivity index (χ1) is 11.3. The summed E-state index contributed by atoms with van der Waals surface area (Å²) in [6.07, 6.45) is -0.382. The number of carbonyl (C=O) groups excluding carboxylic acids is 1. The monoisotopic (exact) mass is 393 g/mol. The molecule has 2 rings (SSSR count). The number of esters is 1. The zero-order chi connectivity index (χ0) is 17.9. The number of nitro benzene ring substituents is 1. The number of halogens is 1. The first kappa shape index (κ1) is 17.9. The van der Waals surface area contributed by atoms with Gasteiger partial charge in [-0.2, -0.15) is 0 Å². The van der Waals surface area contributed by atoms with Crippen molar-refractivity contribution in [1.29, 1.82) is 0 Å². The summed E-state index contributed by atoms with van der Waals surface area (Å²) in [6, 6.07) is 9.81. The van der Waals surface area contributed by atoms with Crippen molar-refractivity contribution in [1.82, 2.24) is 0 Å². The van der Waals surface area contributed by atoms with E-state index in [-0.39, 0.29) is 17.4 Å². The van der Waals surface area contributed by atoms with Gasteiger partial charge < -0.3 is 9.47 Å². The highest BCUT2D eigenvalue weighted by Gasteiger charge is 2.25. The lowest BCUT2D eigenvalue weighted by atomic mass is 10.1. The van der Waals surface area contributed by atoms with E-state index in [2.05, 4.69) is 15.9 Å². The summed E-state index contributed by atoms with van der Waals surface area (Å²) >= 11 is 3.35. The van der Waals surface area contributed by atoms with Gasteiger partial charge in [-0.1, -0.05) is 22.0 Å². The second-order valence-corrected chi connectivity index (χ2v) is 6.32. The van der Waals surface area contributed by atoms with E-state index in [1.165, 1.54) is 12.1 Å². The molecule has 2 aromatic carbocycles. The molecule has 6 nitrogen and oxygen atoms in total. The standard InChI is InChI=1S/C17H16BrNO5/c1-10(2)23-17(20)14-9-16(11(3)7-15(14)19(21)22)24-13-6-4-5-12(18)8-13/h4-10H,1-3H3. The lowest BCUT2D eigenvalue weighted by Gasteiger charge is -2.12. The third kappa shape index (κ3) is 4.32. The molecular weight excluding hydrogens is 378 g/mol. The van der Waals surface area contributed by atoms with Gasteiger partial charge in [-0.05, 0) is 44.5 Å². The van der Waals surface area contributed by atoms with Gasteiger partial charge in [0.25, 0.3) is 5.69 Å². The quantitative estimate of drug-likeness (QED) is 0.404. The van der Waals surface area contributed by atoms with E-state index >= 15 is 0 Å². The molecule has 0 atom stereocenters. The molecule has 0 radical (unpaired) electrons. The highest BCUT2D eigenvalue weighted by molar-refractivity contribution is 9.10. The van der Waals surface area contributed by atoms with Crippen LogP contribution in [0.4, 0.5) is 5.69 Å². The fourth-order valence-electron chi connectivity index (χ4n) is 2.03. The summed E-state index contributed by atoms with van der Waals surface area (Å²) in [4.78, 5) is 22.8. The molecule has 126 valence electrons. The molecular formula is C17H16BrNO5. The zero-order valence-electron chi connectivity index (χ0n) is 13.4. The number of hydrogen-bond donors (Lipinski definition) is 0. The third-order valence-corrected chi connectivity index (χ3v) is 3.57.